The molecule has 1 aromatic rings. The average molecular weight is 171 g/mol. The highest BCUT2D eigenvalue weighted by molar-refractivity contribution is 6.22. The summed E-state index contributed by atoms with van der Waals surface area (Å²) in [6.45, 7) is 0. The van der Waals surface area contributed by atoms with Crippen LogP contribution in [0.5, 0.6) is 0 Å². The molecular weight excluding hydrogens is 164 g/mol. The molecule has 0 radical (unpaired) electrons. The van der Waals surface area contributed by atoms with Crippen molar-refractivity contribution >= 4 is 23.5 Å². The molecule has 2 N–H and O–H groups in total. The Hall–Kier alpha value is -1.22. The molecule has 4 heteroatoms. The number of carbonyl (C=O) groups excluding carboxylic acids is 1. The molecule has 0 fully saturated rings. The summed E-state index contributed by atoms with van der Waals surface area (Å²) >= 11 is 5.04. The molecule has 0 aromatic heterocycles. The predicted octanol–water partition coefficient (Wildman–Crippen LogP) is 1.96. The summed E-state index contributed by atoms with van der Waals surface area (Å²) in [4.78, 5) is 12.6. The molecule has 0 heterocycles. The van der Waals surface area contributed by atoms with Crippen molar-refractivity contribution in [2.75, 3.05) is 5.32 Å². The van der Waals surface area contributed by atoms with Crippen LogP contribution in [0, 0.1) is 0 Å². The zero-order valence-corrected chi connectivity index (χ0v) is 6.43. The quantitative estimate of drug-likeness (QED) is 0.622. The largest absolute Gasteiger partial charge is 0.333 e. The fraction of sp³-hybridized carbons (Fsp3) is 0. The molecule has 0 spiro atoms. The minimum absolute atomic E-state index is 0.433. The monoisotopic (exact) mass is 170 g/mol. The molecule has 0 atom stereocenters. The van der Waals surface area contributed by atoms with Crippen molar-refractivity contribution in [1.29, 1.82) is 0 Å². The summed E-state index contributed by atoms with van der Waals surface area (Å²) in [5, 5.41) is 2.51. The predicted molar refractivity (Wildman–Crippen MR) is 44.4 cm³/mol. The second-order valence-electron chi connectivity index (χ2n) is 1.91. The second kappa shape index (κ2) is 3.83. The topological polar surface area (TPSA) is 41.1 Å². The number of benzene rings is 1. The summed E-state index contributed by atoms with van der Waals surface area (Å²) < 4.78 is 0. The third-order valence-electron chi connectivity index (χ3n) is 1.12. The van der Waals surface area contributed by atoms with E-state index < -0.39 is 6.03 Å². The van der Waals surface area contributed by atoms with Crippen molar-refractivity contribution in [3.63, 3.8) is 0 Å². The molecule has 3 nitrogen and oxygen atoms in total. The van der Waals surface area contributed by atoms with Gasteiger partial charge in [0.25, 0.3) is 0 Å². The maximum Gasteiger partial charge on any atom is 0.333 e. The number of halogens is 1. The van der Waals surface area contributed by atoms with Gasteiger partial charge in [-0.2, -0.15) is 0 Å². The zero-order chi connectivity index (χ0) is 8.10. The fourth-order valence-electron chi connectivity index (χ4n) is 0.676. The lowest BCUT2D eigenvalue weighted by atomic mass is 10.3. The van der Waals surface area contributed by atoms with Gasteiger partial charge in [0.2, 0.25) is 0 Å². The Morgan fingerprint density at radius 3 is 2.45 bits per heavy atom. The van der Waals surface area contributed by atoms with Gasteiger partial charge in [-0.1, -0.05) is 18.2 Å². The highest BCUT2D eigenvalue weighted by atomic mass is 35.5. The van der Waals surface area contributed by atoms with Gasteiger partial charge in [0.1, 0.15) is 0 Å². The molecule has 1 aromatic carbocycles. The van der Waals surface area contributed by atoms with E-state index >= 15 is 0 Å². The first-order chi connectivity index (χ1) is 5.33. The molecule has 58 valence electrons. The van der Waals surface area contributed by atoms with E-state index in [9.17, 15) is 4.79 Å². The molecule has 0 aliphatic rings. The summed E-state index contributed by atoms with van der Waals surface area (Å²) in [7, 11) is 0. The first-order valence-corrected chi connectivity index (χ1v) is 3.43. The van der Waals surface area contributed by atoms with E-state index in [1.807, 2.05) is 23.0 Å². The van der Waals surface area contributed by atoms with Gasteiger partial charge in [0.15, 0.2) is 0 Å². The van der Waals surface area contributed by atoms with E-state index in [1.165, 1.54) is 0 Å². The Bertz CT molecular complexity index is 237. The molecule has 0 aliphatic heterocycles. The summed E-state index contributed by atoms with van der Waals surface area (Å²) in [5.74, 6) is 0. The standard InChI is InChI=1S/C7H7ClN2O/c8-10-7(11)9-6-4-2-1-3-5-6/h1-5H,(H2,9,10,11). The van der Waals surface area contributed by atoms with Crippen LogP contribution in [-0.2, 0) is 0 Å². The van der Waals surface area contributed by atoms with Gasteiger partial charge in [-0.25, -0.2) is 9.63 Å². The van der Waals surface area contributed by atoms with Gasteiger partial charge < -0.3 is 5.32 Å². The number of hydrogen-bond donors (Lipinski definition) is 2. The van der Waals surface area contributed by atoms with Crippen molar-refractivity contribution in [3.8, 4) is 0 Å². The number of hydrogen-bond acceptors (Lipinski definition) is 1. The van der Waals surface area contributed by atoms with Crippen LogP contribution >= 0.6 is 11.8 Å². The van der Waals surface area contributed by atoms with Gasteiger partial charge in [-0.15, -0.1) is 0 Å². The van der Waals surface area contributed by atoms with E-state index in [0.717, 1.165) is 0 Å². The van der Waals surface area contributed by atoms with Gasteiger partial charge in [0, 0.05) is 17.5 Å². The Kier molecular flexibility index (Phi) is 2.74. The Labute approximate surface area is 69.5 Å². The van der Waals surface area contributed by atoms with Crippen LogP contribution < -0.4 is 10.2 Å². The first-order valence-electron chi connectivity index (χ1n) is 3.05. The second-order valence-corrected chi connectivity index (χ2v) is 2.10. The van der Waals surface area contributed by atoms with Gasteiger partial charge in [-0.3, -0.25) is 0 Å². The van der Waals surface area contributed by atoms with Crippen LogP contribution in [0.3, 0.4) is 0 Å². The minimum atomic E-state index is -0.433. The Balaban J connectivity index is 2.58. The highest BCUT2D eigenvalue weighted by Crippen LogP contribution is 2.03. The smallest absolute Gasteiger partial charge is 0.307 e. The van der Waals surface area contributed by atoms with E-state index in [-0.39, 0.29) is 0 Å². The first kappa shape index (κ1) is 7.88. The fourth-order valence-corrected chi connectivity index (χ4v) is 0.723. The lowest BCUT2D eigenvalue weighted by Gasteiger charge is -2.00. The van der Waals surface area contributed by atoms with E-state index in [4.69, 9.17) is 11.8 Å². The van der Waals surface area contributed by atoms with Crippen LogP contribution in [0.2, 0.25) is 0 Å². The lowest BCUT2D eigenvalue weighted by molar-refractivity contribution is 0.257. The van der Waals surface area contributed by atoms with Crippen molar-refractivity contribution in [2.45, 2.75) is 0 Å². The zero-order valence-electron chi connectivity index (χ0n) is 5.67. The molecule has 0 unspecified atom stereocenters. The van der Waals surface area contributed by atoms with Crippen molar-refractivity contribution in [3.05, 3.63) is 30.3 Å². The number of urea groups is 1. The van der Waals surface area contributed by atoms with E-state index in [1.54, 1.807) is 12.1 Å². The van der Waals surface area contributed by atoms with Gasteiger partial charge in [0.05, 0.1) is 0 Å². The summed E-state index contributed by atoms with van der Waals surface area (Å²) in [5.41, 5.74) is 0.714. The SMILES string of the molecule is O=C(NCl)Nc1ccccc1. The molecule has 0 aliphatic carbocycles. The van der Waals surface area contributed by atoms with Crippen LogP contribution in [0.15, 0.2) is 30.3 Å². The molecule has 1 rings (SSSR count). The Morgan fingerprint density at radius 2 is 1.91 bits per heavy atom. The minimum Gasteiger partial charge on any atom is -0.307 e. The number of para-hydroxylation sites is 1. The number of anilines is 1. The third-order valence-corrected chi connectivity index (χ3v) is 1.29. The number of amides is 2. The molecule has 0 bridgehead atoms. The molecule has 11 heavy (non-hydrogen) atoms. The maximum absolute atomic E-state index is 10.6. The van der Waals surface area contributed by atoms with Crippen molar-refractivity contribution in [1.82, 2.24) is 4.84 Å². The third kappa shape index (κ3) is 2.47. The van der Waals surface area contributed by atoms with Crippen molar-refractivity contribution in [2.24, 2.45) is 0 Å². The van der Waals surface area contributed by atoms with Gasteiger partial charge >= 0.3 is 6.03 Å². The van der Waals surface area contributed by atoms with Gasteiger partial charge in [-0.05, 0) is 12.1 Å². The molecular formula is C7H7ClN2O. The van der Waals surface area contributed by atoms with Crippen LogP contribution in [-0.4, -0.2) is 6.03 Å². The molecule has 0 saturated carbocycles. The lowest BCUT2D eigenvalue weighted by Crippen LogP contribution is -2.19. The summed E-state index contributed by atoms with van der Waals surface area (Å²) in [6.07, 6.45) is 0. The van der Waals surface area contributed by atoms with E-state index in [2.05, 4.69) is 5.32 Å². The molecule has 0 saturated heterocycles. The average Bonchev–Trinajstić information content (AvgIpc) is 2.06. The van der Waals surface area contributed by atoms with Crippen LogP contribution in [0.4, 0.5) is 10.5 Å². The van der Waals surface area contributed by atoms with E-state index in [0.29, 0.717) is 5.69 Å². The number of carbonyl (C=O) groups is 1. The summed E-state index contributed by atoms with van der Waals surface area (Å²) in [6, 6.07) is 8.62. The Morgan fingerprint density at radius 1 is 1.27 bits per heavy atom. The normalized spacial score (nSPS) is 8.82. The number of rotatable bonds is 1. The van der Waals surface area contributed by atoms with Crippen molar-refractivity contribution < 1.29 is 4.79 Å². The van der Waals surface area contributed by atoms with Crippen LogP contribution in [0.25, 0.3) is 0 Å². The number of nitrogens with one attached hydrogen (secondary N) is 2. The molecule has 2 amide bonds. The van der Waals surface area contributed by atoms with Crippen LogP contribution in [0.1, 0.15) is 0 Å². The maximum atomic E-state index is 10.6. The highest BCUT2D eigenvalue weighted by Gasteiger charge is 1.95.